The van der Waals surface area contributed by atoms with Gasteiger partial charge in [0, 0.05) is 6.04 Å². The number of nitrogens with zero attached hydrogens (tertiary/aromatic N) is 2. The molecule has 1 saturated carbocycles. The minimum Gasteiger partial charge on any atom is -0.394 e. The molecule has 0 radical (unpaired) electrons. The number of nitrogen functional groups attached to an aromatic ring is 1. The molecule has 0 amide bonds. The minimum absolute atomic E-state index is 0.362. The van der Waals surface area contributed by atoms with Crippen molar-refractivity contribution in [2.24, 2.45) is 10.8 Å². The molecule has 0 bridgehead atoms. The van der Waals surface area contributed by atoms with Crippen LogP contribution in [0.1, 0.15) is 47.0 Å². The summed E-state index contributed by atoms with van der Waals surface area (Å²) in [6.45, 7) is 9.36. The molecule has 1 aromatic rings. The van der Waals surface area contributed by atoms with Crippen molar-refractivity contribution in [3.8, 4) is 0 Å². The zero-order valence-electron chi connectivity index (χ0n) is 11.8. The van der Waals surface area contributed by atoms with Crippen LogP contribution in [-0.4, -0.2) is 16.0 Å². The molecule has 1 heterocycles. The Hall–Kier alpha value is -1.32. The van der Waals surface area contributed by atoms with Crippen molar-refractivity contribution in [2.75, 3.05) is 11.1 Å². The van der Waals surface area contributed by atoms with E-state index >= 15 is 0 Å². The van der Waals surface area contributed by atoms with E-state index in [0.717, 1.165) is 18.7 Å². The molecule has 0 atom stereocenters. The van der Waals surface area contributed by atoms with Crippen molar-refractivity contribution in [1.82, 2.24) is 9.97 Å². The summed E-state index contributed by atoms with van der Waals surface area (Å²) in [4.78, 5) is 8.14. The van der Waals surface area contributed by atoms with Crippen LogP contribution in [0.5, 0.6) is 0 Å². The van der Waals surface area contributed by atoms with Gasteiger partial charge in [-0.2, -0.15) is 0 Å². The Morgan fingerprint density at radius 1 is 1.22 bits per heavy atom. The van der Waals surface area contributed by atoms with E-state index < -0.39 is 0 Å². The summed E-state index contributed by atoms with van der Waals surface area (Å²) >= 11 is 0. The maximum Gasteiger partial charge on any atom is 0.152 e. The molecule has 18 heavy (non-hydrogen) atoms. The first-order valence-corrected chi connectivity index (χ1v) is 6.59. The normalized spacial score (nSPS) is 22.7. The van der Waals surface area contributed by atoms with Crippen LogP contribution in [0.3, 0.4) is 0 Å². The maximum atomic E-state index is 5.89. The first kappa shape index (κ1) is 13.1. The van der Waals surface area contributed by atoms with Crippen LogP contribution in [0.4, 0.5) is 11.5 Å². The van der Waals surface area contributed by atoms with Gasteiger partial charge in [-0.25, -0.2) is 9.97 Å². The Kier molecular flexibility index (Phi) is 3.21. The Morgan fingerprint density at radius 2 is 1.83 bits per heavy atom. The molecule has 2 rings (SSSR count). The highest BCUT2D eigenvalue weighted by Crippen LogP contribution is 2.46. The Bertz CT molecular complexity index is 410. The number of hydrogen-bond acceptors (Lipinski definition) is 4. The van der Waals surface area contributed by atoms with Gasteiger partial charge in [0.25, 0.3) is 0 Å². The quantitative estimate of drug-likeness (QED) is 0.844. The lowest BCUT2D eigenvalue weighted by Crippen LogP contribution is -2.40. The van der Waals surface area contributed by atoms with E-state index in [0.29, 0.717) is 22.6 Å². The van der Waals surface area contributed by atoms with Gasteiger partial charge >= 0.3 is 0 Å². The number of rotatable bonds is 2. The average Bonchev–Trinajstić information content (AvgIpc) is 2.16. The summed E-state index contributed by atoms with van der Waals surface area (Å²) in [6, 6.07) is 0.431. The molecule has 4 nitrogen and oxygen atoms in total. The minimum atomic E-state index is 0.362. The monoisotopic (exact) mass is 248 g/mol. The van der Waals surface area contributed by atoms with Crippen LogP contribution in [0.25, 0.3) is 0 Å². The Morgan fingerprint density at radius 3 is 2.39 bits per heavy atom. The fourth-order valence-corrected chi connectivity index (χ4v) is 3.60. The van der Waals surface area contributed by atoms with Gasteiger partial charge in [0.05, 0.1) is 11.9 Å². The molecule has 1 aromatic heterocycles. The molecule has 1 aliphatic rings. The van der Waals surface area contributed by atoms with Crippen molar-refractivity contribution in [3.63, 3.8) is 0 Å². The number of anilines is 2. The van der Waals surface area contributed by atoms with Crippen LogP contribution in [0.2, 0.25) is 0 Å². The average molecular weight is 248 g/mol. The molecular weight excluding hydrogens is 224 g/mol. The summed E-state index contributed by atoms with van der Waals surface area (Å²) in [5.41, 5.74) is 7.23. The van der Waals surface area contributed by atoms with Gasteiger partial charge in [-0.05, 0) is 30.1 Å². The smallest absolute Gasteiger partial charge is 0.152 e. The molecule has 100 valence electrons. The SMILES string of the molecule is CC1(C)CC(Nc2ncncc2N)CC(C)(C)C1. The third-order valence-corrected chi connectivity index (χ3v) is 3.64. The van der Waals surface area contributed by atoms with E-state index in [9.17, 15) is 0 Å². The van der Waals surface area contributed by atoms with Crippen molar-refractivity contribution in [1.29, 1.82) is 0 Å². The molecule has 0 unspecified atom stereocenters. The molecule has 1 aliphatic carbocycles. The lowest BCUT2D eigenvalue weighted by molar-refractivity contribution is 0.105. The van der Waals surface area contributed by atoms with Gasteiger partial charge in [0.15, 0.2) is 5.82 Å². The second-order valence-corrected chi connectivity index (χ2v) is 7.08. The Labute approximate surface area is 109 Å². The van der Waals surface area contributed by atoms with E-state index in [-0.39, 0.29) is 0 Å². The third kappa shape index (κ3) is 3.12. The van der Waals surface area contributed by atoms with Crippen molar-refractivity contribution in [3.05, 3.63) is 12.5 Å². The zero-order valence-corrected chi connectivity index (χ0v) is 11.8. The van der Waals surface area contributed by atoms with Gasteiger partial charge in [-0.15, -0.1) is 0 Å². The van der Waals surface area contributed by atoms with Gasteiger partial charge in [0.2, 0.25) is 0 Å². The van der Waals surface area contributed by atoms with Gasteiger partial charge < -0.3 is 11.1 Å². The lowest BCUT2D eigenvalue weighted by atomic mass is 9.63. The summed E-state index contributed by atoms with van der Waals surface area (Å²) in [6.07, 6.45) is 6.75. The standard InChI is InChI=1S/C14H24N4/c1-13(2)5-10(6-14(3,4)8-13)18-12-11(15)7-16-9-17-12/h7,9-10H,5-6,8,15H2,1-4H3,(H,16,17,18). The van der Waals surface area contributed by atoms with E-state index in [1.807, 2.05) is 0 Å². The fourth-order valence-electron chi connectivity index (χ4n) is 3.60. The Balaban J connectivity index is 2.12. The first-order valence-electron chi connectivity index (χ1n) is 6.59. The molecule has 0 aromatic carbocycles. The van der Waals surface area contributed by atoms with Crippen molar-refractivity contribution in [2.45, 2.75) is 53.0 Å². The van der Waals surface area contributed by atoms with Crippen molar-refractivity contribution >= 4 is 11.5 Å². The second kappa shape index (κ2) is 4.41. The summed E-state index contributed by atoms with van der Waals surface area (Å²) in [7, 11) is 0. The van der Waals surface area contributed by atoms with E-state index in [4.69, 9.17) is 5.73 Å². The van der Waals surface area contributed by atoms with Crippen LogP contribution in [0.15, 0.2) is 12.5 Å². The molecule has 3 N–H and O–H groups in total. The molecule has 0 spiro atoms. The number of nitrogens with two attached hydrogens (primary N) is 1. The van der Waals surface area contributed by atoms with E-state index in [1.165, 1.54) is 12.7 Å². The fraction of sp³-hybridized carbons (Fsp3) is 0.714. The van der Waals surface area contributed by atoms with Crippen molar-refractivity contribution < 1.29 is 0 Å². The molecular formula is C14H24N4. The first-order chi connectivity index (χ1) is 8.27. The number of aromatic nitrogens is 2. The molecule has 1 fully saturated rings. The summed E-state index contributed by atoms with van der Waals surface area (Å²) in [5, 5.41) is 3.48. The van der Waals surface area contributed by atoms with Crippen LogP contribution < -0.4 is 11.1 Å². The molecule has 0 saturated heterocycles. The highest BCUT2D eigenvalue weighted by atomic mass is 15.1. The van der Waals surface area contributed by atoms with Gasteiger partial charge in [0.1, 0.15) is 6.33 Å². The van der Waals surface area contributed by atoms with E-state index in [2.05, 4.69) is 43.0 Å². The zero-order chi connectivity index (χ0) is 13.4. The number of nitrogens with one attached hydrogen (secondary N) is 1. The highest BCUT2D eigenvalue weighted by Gasteiger charge is 2.38. The predicted octanol–water partition coefficient (Wildman–Crippen LogP) is 3.08. The second-order valence-electron chi connectivity index (χ2n) is 7.08. The van der Waals surface area contributed by atoms with Gasteiger partial charge in [-0.3, -0.25) is 0 Å². The topological polar surface area (TPSA) is 63.8 Å². The summed E-state index contributed by atoms with van der Waals surface area (Å²) < 4.78 is 0. The van der Waals surface area contributed by atoms with Gasteiger partial charge in [-0.1, -0.05) is 27.7 Å². The lowest BCUT2D eigenvalue weighted by Gasteiger charge is -2.45. The molecule has 0 aliphatic heterocycles. The highest BCUT2D eigenvalue weighted by molar-refractivity contribution is 5.59. The molecule has 4 heteroatoms. The third-order valence-electron chi connectivity index (χ3n) is 3.64. The van der Waals surface area contributed by atoms with E-state index in [1.54, 1.807) is 6.20 Å². The van der Waals surface area contributed by atoms with Crippen LogP contribution >= 0.6 is 0 Å². The number of hydrogen-bond donors (Lipinski definition) is 2. The largest absolute Gasteiger partial charge is 0.394 e. The predicted molar refractivity (Wildman–Crippen MR) is 75.3 cm³/mol. The summed E-state index contributed by atoms with van der Waals surface area (Å²) in [5.74, 6) is 0.767. The maximum absolute atomic E-state index is 5.89. The van der Waals surface area contributed by atoms with Crippen LogP contribution in [0, 0.1) is 10.8 Å². The van der Waals surface area contributed by atoms with Crippen LogP contribution in [-0.2, 0) is 0 Å².